The molecule has 2 aromatic carbocycles. The molecule has 0 aliphatic carbocycles. The smallest absolute Gasteiger partial charge is 0.254 e. The number of aromatic nitrogens is 2. The number of aliphatic hydroxyl groups is 1. The monoisotopic (exact) mass is 527 g/mol. The molecule has 0 bridgehead atoms. The Morgan fingerprint density at radius 2 is 1.93 bits per heavy atom. The fourth-order valence-corrected chi connectivity index (χ4v) is 4.13. The molecular formula is C21H17F3IN3O2. The van der Waals surface area contributed by atoms with Crippen LogP contribution in [-0.4, -0.2) is 38.6 Å². The molecule has 0 atom stereocenters. The Morgan fingerprint density at radius 3 is 2.57 bits per heavy atom. The summed E-state index contributed by atoms with van der Waals surface area (Å²) in [5, 5.41) is 10.7. The molecule has 0 unspecified atom stereocenters. The minimum Gasteiger partial charge on any atom is -0.378 e. The van der Waals surface area contributed by atoms with Crippen molar-refractivity contribution in [3.05, 3.63) is 86.3 Å². The fourth-order valence-electron chi connectivity index (χ4n) is 3.68. The number of benzene rings is 2. The third-order valence-electron chi connectivity index (χ3n) is 5.24. The number of amides is 1. The highest BCUT2D eigenvalue weighted by Gasteiger charge is 2.48. The molecule has 9 heteroatoms. The lowest BCUT2D eigenvalue weighted by atomic mass is 9.90. The summed E-state index contributed by atoms with van der Waals surface area (Å²) < 4.78 is 45.1. The highest BCUT2D eigenvalue weighted by atomic mass is 127. The van der Waals surface area contributed by atoms with Gasteiger partial charge in [-0.3, -0.25) is 4.79 Å². The summed E-state index contributed by atoms with van der Waals surface area (Å²) in [6.07, 6.45) is 2.95. The number of aryl methyl sites for hydroxylation is 1. The molecule has 2 heterocycles. The van der Waals surface area contributed by atoms with Crippen LogP contribution in [-0.2, 0) is 19.1 Å². The lowest BCUT2D eigenvalue weighted by Crippen LogP contribution is -2.62. The van der Waals surface area contributed by atoms with Crippen LogP contribution in [0.3, 0.4) is 0 Å². The van der Waals surface area contributed by atoms with Crippen LogP contribution in [0.25, 0.3) is 0 Å². The van der Waals surface area contributed by atoms with Gasteiger partial charge in [0.05, 0.1) is 13.1 Å². The molecule has 1 aliphatic rings. The first-order valence-electron chi connectivity index (χ1n) is 9.10. The van der Waals surface area contributed by atoms with Gasteiger partial charge in [0.15, 0.2) is 17.2 Å². The van der Waals surface area contributed by atoms with Crippen LogP contribution in [0, 0.1) is 21.0 Å². The van der Waals surface area contributed by atoms with E-state index in [9.17, 15) is 23.1 Å². The second-order valence-electron chi connectivity index (χ2n) is 7.35. The highest BCUT2D eigenvalue weighted by molar-refractivity contribution is 14.1. The minimum atomic E-state index is -1.31. The number of imidazole rings is 1. The maximum Gasteiger partial charge on any atom is 0.254 e. The normalized spacial score (nSPS) is 15.2. The molecule has 1 saturated heterocycles. The Balaban J connectivity index is 1.62. The first kappa shape index (κ1) is 20.9. The Labute approximate surface area is 184 Å². The van der Waals surface area contributed by atoms with E-state index in [1.54, 1.807) is 30.1 Å². The molecule has 1 amide bonds. The Hall–Kier alpha value is -2.40. The molecule has 4 rings (SSSR count). The Bertz CT molecular complexity index is 1140. The summed E-state index contributed by atoms with van der Waals surface area (Å²) in [7, 11) is 1.73. The first-order chi connectivity index (χ1) is 14.2. The van der Waals surface area contributed by atoms with Crippen molar-refractivity contribution in [3.63, 3.8) is 0 Å². The molecular weight excluding hydrogens is 510 g/mol. The molecule has 0 saturated carbocycles. The molecule has 1 N–H and O–H groups in total. The van der Waals surface area contributed by atoms with Crippen LogP contribution in [0.4, 0.5) is 13.2 Å². The first-order valence-corrected chi connectivity index (χ1v) is 10.2. The molecule has 30 heavy (non-hydrogen) atoms. The number of likely N-dealkylation sites (tertiary alicyclic amines) is 1. The van der Waals surface area contributed by atoms with Gasteiger partial charge in [0, 0.05) is 40.6 Å². The number of halogens is 4. The van der Waals surface area contributed by atoms with Gasteiger partial charge in [-0.2, -0.15) is 0 Å². The zero-order valence-electron chi connectivity index (χ0n) is 15.9. The Morgan fingerprint density at radius 1 is 1.20 bits per heavy atom. The average molecular weight is 527 g/mol. The van der Waals surface area contributed by atoms with Crippen molar-refractivity contribution in [2.75, 3.05) is 13.1 Å². The van der Waals surface area contributed by atoms with E-state index in [1.807, 2.05) is 22.6 Å². The number of hydrogen-bond donors (Lipinski definition) is 1. The van der Waals surface area contributed by atoms with E-state index < -0.39 is 29.0 Å². The maximum absolute atomic E-state index is 14.6. The molecule has 0 radical (unpaired) electrons. The zero-order valence-corrected chi connectivity index (χ0v) is 18.0. The number of carbonyl (C=O) groups is 1. The molecule has 1 aliphatic heterocycles. The summed E-state index contributed by atoms with van der Waals surface area (Å²) in [6.45, 7) is -0.0694. The number of β-amino-alcohol motifs (C(OH)–C–C–N with tert-alkyl or cyclic N) is 1. The fraction of sp³-hybridized carbons (Fsp3) is 0.238. The van der Waals surface area contributed by atoms with E-state index >= 15 is 0 Å². The van der Waals surface area contributed by atoms with Crippen molar-refractivity contribution in [3.8, 4) is 0 Å². The second kappa shape index (κ2) is 7.69. The van der Waals surface area contributed by atoms with Crippen molar-refractivity contribution in [2.45, 2.75) is 12.0 Å². The predicted molar refractivity (Wildman–Crippen MR) is 111 cm³/mol. The van der Waals surface area contributed by atoms with Gasteiger partial charge in [0.2, 0.25) is 0 Å². The molecule has 1 aromatic heterocycles. The van der Waals surface area contributed by atoms with E-state index in [0.29, 0.717) is 9.39 Å². The van der Waals surface area contributed by atoms with Crippen molar-refractivity contribution in [1.82, 2.24) is 14.5 Å². The van der Waals surface area contributed by atoms with Crippen molar-refractivity contribution >= 4 is 28.5 Å². The van der Waals surface area contributed by atoms with Gasteiger partial charge in [0.1, 0.15) is 11.6 Å². The summed E-state index contributed by atoms with van der Waals surface area (Å²) in [5.41, 5.74) is -1.43. The van der Waals surface area contributed by atoms with E-state index in [4.69, 9.17) is 0 Å². The summed E-state index contributed by atoms with van der Waals surface area (Å²) in [5.74, 6) is -3.00. The minimum absolute atomic E-state index is 0.0347. The maximum atomic E-state index is 14.6. The SMILES string of the molecule is Cn1ccnc1C1(O)CN(C(=O)c2ccc(F)c(F)c2Cc2ccc(I)cc2F)C1. The number of hydrogen-bond acceptors (Lipinski definition) is 3. The van der Waals surface area contributed by atoms with Gasteiger partial charge in [-0.15, -0.1) is 0 Å². The predicted octanol–water partition coefficient (Wildman–Crippen LogP) is 3.38. The number of nitrogens with zero attached hydrogens (tertiary/aromatic N) is 3. The van der Waals surface area contributed by atoms with E-state index in [1.165, 1.54) is 23.1 Å². The van der Waals surface area contributed by atoms with Crippen molar-refractivity contribution in [2.24, 2.45) is 7.05 Å². The van der Waals surface area contributed by atoms with E-state index in [0.717, 1.165) is 6.07 Å². The summed E-state index contributed by atoms with van der Waals surface area (Å²) >= 11 is 1.95. The Kier molecular flexibility index (Phi) is 5.35. The van der Waals surface area contributed by atoms with Gasteiger partial charge < -0.3 is 14.6 Å². The largest absolute Gasteiger partial charge is 0.378 e. The lowest BCUT2D eigenvalue weighted by Gasteiger charge is -2.45. The van der Waals surface area contributed by atoms with Gasteiger partial charge in [-0.1, -0.05) is 6.07 Å². The van der Waals surface area contributed by atoms with E-state index in [2.05, 4.69) is 4.98 Å². The van der Waals surface area contributed by atoms with Crippen molar-refractivity contribution < 1.29 is 23.1 Å². The van der Waals surface area contributed by atoms with Gasteiger partial charge in [-0.25, -0.2) is 18.2 Å². The zero-order chi connectivity index (χ0) is 21.6. The second-order valence-corrected chi connectivity index (χ2v) is 8.60. The summed E-state index contributed by atoms with van der Waals surface area (Å²) in [6, 6.07) is 6.50. The topological polar surface area (TPSA) is 58.4 Å². The van der Waals surface area contributed by atoms with Crippen LogP contribution < -0.4 is 0 Å². The summed E-state index contributed by atoms with van der Waals surface area (Å²) in [4.78, 5) is 18.4. The van der Waals surface area contributed by atoms with Crippen molar-refractivity contribution in [1.29, 1.82) is 0 Å². The third-order valence-corrected chi connectivity index (χ3v) is 5.91. The lowest BCUT2D eigenvalue weighted by molar-refractivity contribution is -0.0938. The molecule has 156 valence electrons. The van der Waals surface area contributed by atoms with Crippen LogP contribution >= 0.6 is 22.6 Å². The van der Waals surface area contributed by atoms with Crippen LogP contribution in [0.15, 0.2) is 42.7 Å². The standard InChI is InChI=1S/C21H17F3IN3O2/c1-27-7-6-26-20(27)21(30)10-28(11-21)19(29)14-4-5-16(22)18(24)15(14)8-12-2-3-13(25)9-17(12)23/h2-7,9,30H,8,10-11H2,1H3. The molecule has 1 fully saturated rings. The molecule has 3 aromatic rings. The van der Waals surface area contributed by atoms with Crippen LogP contribution in [0.5, 0.6) is 0 Å². The third kappa shape index (κ3) is 3.60. The number of rotatable bonds is 4. The van der Waals surface area contributed by atoms with Crippen LogP contribution in [0.1, 0.15) is 27.3 Å². The van der Waals surface area contributed by atoms with Gasteiger partial charge >= 0.3 is 0 Å². The highest BCUT2D eigenvalue weighted by Crippen LogP contribution is 2.33. The number of carbonyl (C=O) groups excluding carboxylic acids is 1. The molecule has 0 spiro atoms. The van der Waals surface area contributed by atoms with E-state index in [-0.39, 0.29) is 36.2 Å². The quantitative estimate of drug-likeness (QED) is 0.530. The van der Waals surface area contributed by atoms with Crippen LogP contribution in [0.2, 0.25) is 0 Å². The molecule has 5 nitrogen and oxygen atoms in total. The average Bonchev–Trinajstić information content (AvgIpc) is 3.11. The van der Waals surface area contributed by atoms with Gasteiger partial charge in [-0.05, 0) is 52.4 Å². The van der Waals surface area contributed by atoms with Gasteiger partial charge in [0.25, 0.3) is 5.91 Å².